The molecule has 1 aromatic carbocycles. The summed E-state index contributed by atoms with van der Waals surface area (Å²) in [5.74, 6) is -3.06. The molecule has 0 aliphatic heterocycles. The first-order valence-electron chi connectivity index (χ1n) is 5.52. The van der Waals surface area contributed by atoms with Crippen LogP contribution in [0.25, 0.3) is 5.69 Å². The minimum Gasteiger partial charge on any atom is -0.384 e. The number of alkyl halides is 2. The summed E-state index contributed by atoms with van der Waals surface area (Å²) < 4.78 is 49.7. The van der Waals surface area contributed by atoms with E-state index in [1.807, 2.05) is 0 Å². The molecule has 3 N–H and O–H groups in total. The van der Waals surface area contributed by atoms with Gasteiger partial charge in [-0.15, -0.1) is 0 Å². The van der Waals surface area contributed by atoms with Gasteiger partial charge >= 0.3 is 5.76 Å². The Bertz CT molecular complexity index is 711. The number of nitrogen functional groups attached to an aromatic ring is 1. The number of rotatable bonds is 4. The monoisotopic (exact) mass is 302 g/mol. The van der Waals surface area contributed by atoms with E-state index in [4.69, 9.17) is 5.73 Å². The fraction of sp³-hybridized carbons (Fsp3) is 0.182. The van der Waals surface area contributed by atoms with Gasteiger partial charge < -0.3 is 5.73 Å². The van der Waals surface area contributed by atoms with Crippen LogP contribution in [0.2, 0.25) is 0 Å². The second-order valence-corrected chi connectivity index (χ2v) is 5.73. The van der Waals surface area contributed by atoms with Crippen LogP contribution in [0.15, 0.2) is 30.3 Å². The van der Waals surface area contributed by atoms with Crippen molar-refractivity contribution in [1.82, 2.24) is 9.78 Å². The summed E-state index contributed by atoms with van der Waals surface area (Å²) in [5, 5.41) is 4.15. The van der Waals surface area contributed by atoms with Gasteiger partial charge in [-0.2, -0.15) is 13.9 Å². The lowest BCUT2D eigenvalue weighted by molar-refractivity contribution is 0.236. The highest BCUT2D eigenvalue weighted by Gasteiger charge is 2.23. The van der Waals surface area contributed by atoms with E-state index in [-0.39, 0.29) is 5.69 Å². The number of hydrogen-bond donors (Lipinski definition) is 2. The molecule has 0 unspecified atom stereocenters. The van der Waals surface area contributed by atoms with E-state index in [0.29, 0.717) is 11.5 Å². The third-order valence-corrected chi connectivity index (χ3v) is 3.45. The summed E-state index contributed by atoms with van der Waals surface area (Å²) in [6.45, 7) is 1.78. The number of hydrogen-bond acceptors (Lipinski definition) is 4. The Kier molecular flexibility index (Phi) is 3.62. The lowest BCUT2D eigenvalue weighted by Gasteiger charge is -2.08. The molecule has 0 radical (unpaired) electrons. The zero-order chi connectivity index (χ0) is 14.9. The molecule has 2 rings (SSSR count). The van der Waals surface area contributed by atoms with Gasteiger partial charge in [0.2, 0.25) is 0 Å². The fourth-order valence-electron chi connectivity index (χ4n) is 1.61. The van der Waals surface area contributed by atoms with Crippen LogP contribution in [0.5, 0.6) is 0 Å². The molecular formula is C11H12F2N4O2S. The van der Waals surface area contributed by atoms with Gasteiger partial charge in [-0.05, 0) is 31.2 Å². The molecule has 0 bridgehead atoms. The first kappa shape index (κ1) is 14.3. The van der Waals surface area contributed by atoms with E-state index in [1.54, 1.807) is 17.7 Å². The Morgan fingerprint density at radius 1 is 1.30 bits per heavy atom. The third kappa shape index (κ3) is 2.87. The number of nitrogens with zero attached hydrogens (tertiary/aromatic N) is 2. The second kappa shape index (κ2) is 5.08. The van der Waals surface area contributed by atoms with Crippen LogP contribution >= 0.6 is 0 Å². The SMILES string of the molecule is Cc1cc(N)n(-c2ccc(NS(=O)(=O)C(F)F)cc2)n1. The molecule has 1 heterocycles. The van der Waals surface area contributed by atoms with Crippen molar-refractivity contribution < 1.29 is 17.2 Å². The molecule has 0 aliphatic rings. The second-order valence-electron chi connectivity index (χ2n) is 4.08. The molecule has 0 saturated carbocycles. The van der Waals surface area contributed by atoms with Gasteiger partial charge in [-0.1, -0.05) is 0 Å². The molecule has 0 saturated heterocycles. The predicted molar refractivity (Wildman–Crippen MR) is 71.3 cm³/mol. The normalized spacial score (nSPS) is 11.8. The lowest BCUT2D eigenvalue weighted by atomic mass is 10.3. The molecule has 0 spiro atoms. The molecule has 6 nitrogen and oxygen atoms in total. The maximum absolute atomic E-state index is 12.2. The lowest BCUT2D eigenvalue weighted by Crippen LogP contribution is -2.20. The van der Waals surface area contributed by atoms with E-state index in [1.165, 1.54) is 28.9 Å². The van der Waals surface area contributed by atoms with Gasteiger partial charge in [-0.3, -0.25) is 4.72 Å². The number of aryl methyl sites for hydroxylation is 1. The topological polar surface area (TPSA) is 90.0 Å². The molecule has 0 amide bonds. The first-order valence-corrected chi connectivity index (χ1v) is 7.06. The van der Waals surface area contributed by atoms with Gasteiger partial charge in [0.15, 0.2) is 0 Å². The maximum atomic E-state index is 12.2. The van der Waals surface area contributed by atoms with E-state index in [0.717, 1.165) is 5.69 Å². The molecule has 9 heteroatoms. The van der Waals surface area contributed by atoms with Crippen molar-refractivity contribution in [2.24, 2.45) is 0 Å². The Morgan fingerprint density at radius 2 is 1.90 bits per heavy atom. The van der Waals surface area contributed by atoms with Gasteiger partial charge in [0.25, 0.3) is 10.0 Å². The molecule has 2 aromatic rings. The fourth-order valence-corrected chi connectivity index (χ4v) is 2.16. The predicted octanol–water partition coefficient (Wildman–Crippen LogP) is 1.73. The highest BCUT2D eigenvalue weighted by molar-refractivity contribution is 7.93. The van der Waals surface area contributed by atoms with Gasteiger partial charge in [0, 0.05) is 11.8 Å². The minimum absolute atomic E-state index is 0.0384. The highest BCUT2D eigenvalue weighted by Crippen LogP contribution is 2.18. The van der Waals surface area contributed by atoms with E-state index in [2.05, 4.69) is 5.10 Å². The summed E-state index contributed by atoms with van der Waals surface area (Å²) in [6, 6.07) is 7.42. The molecule has 108 valence electrons. The van der Waals surface area contributed by atoms with Crippen molar-refractivity contribution in [3.8, 4) is 5.69 Å². The van der Waals surface area contributed by atoms with Crippen molar-refractivity contribution in [2.75, 3.05) is 10.5 Å². The van der Waals surface area contributed by atoms with Crippen molar-refractivity contribution >= 4 is 21.5 Å². The average molecular weight is 302 g/mol. The van der Waals surface area contributed by atoms with Crippen LogP contribution in [0.3, 0.4) is 0 Å². The third-order valence-electron chi connectivity index (χ3n) is 2.47. The summed E-state index contributed by atoms with van der Waals surface area (Å²) in [4.78, 5) is 0. The van der Waals surface area contributed by atoms with Crippen LogP contribution in [0, 0.1) is 6.92 Å². The number of sulfonamides is 1. The van der Waals surface area contributed by atoms with E-state index < -0.39 is 15.8 Å². The maximum Gasteiger partial charge on any atom is 0.355 e. The Balaban J connectivity index is 2.25. The van der Waals surface area contributed by atoms with E-state index in [9.17, 15) is 17.2 Å². The van der Waals surface area contributed by atoms with Crippen LogP contribution in [-0.4, -0.2) is 24.0 Å². The van der Waals surface area contributed by atoms with Crippen LogP contribution in [-0.2, 0) is 10.0 Å². The first-order chi connectivity index (χ1) is 9.29. The van der Waals surface area contributed by atoms with Crippen molar-refractivity contribution in [1.29, 1.82) is 0 Å². The number of anilines is 2. The van der Waals surface area contributed by atoms with Gasteiger partial charge in [0.05, 0.1) is 11.4 Å². The molecule has 0 fully saturated rings. The summed E-state index contributed by atoms with van der Waals surface area (Å²) >= 11 is 0. The Morgan fingerprint density at radius 3 is 2.35 bits per heavy atom. The summed E-state index contributed by atoms with van der Waals surface area (Å²) in [5.41, 5.74) is 7.10. The summed E-state index contributed by atoms with van der Waals surface area (Å²) in [6.07, 6.45) is 0. The number of nitrogens with one attached hydrogen (secondary N) is 1. The zero-order valence-corrected chi connectivity index (χ0v) is 11.2. The zero-order valence-electron chi connectivity index (χ0n) is 10.4. The van der Waals surface area contributed by atoms with Gasteiger partial charge in [-0.25, -0.2) is 13.1 Å². The smallest absolute Gasteiger partial charge is 0.355 e. The minimum atomic E-state index is -4.66. The van der Waals surface area contributed by atoms with Gasteiger partial charge in [0.1, 0.15) is 5.82 Å². The molecule has 0 atom stereocenters. The van der Waals surface area contributed by atoms with Crippen LogP contribution < -0.4 is 10.5 Å². The van der Waals surface area contributed by atoms with Crippen molar-refractivity contribution in [3.63, 3.8) is 0 Å². The van der Waals surface area contributed by atoms with Crippen molar-refractivity contribution in [3.05, 3.63) is 36.0 Å². The highest BCUT2D eigenvalue weighted by atomic mass is 32.2. The molecular weight excluding hydrogens is 290 g/mol. The molecule has 1 aromatic heterocycles. The van der Waals surface area contributed by atoms with E-state index >= 15 is 0 Å². The van der Waals surface area contributed by atoms with Crippen molar-refractivity contribution in [2.45, 2.75) is 12.7 Å². The molecule has 0 aliphatic carbocycles. The Hall–Kier alpha value is -2.16. The van der Waals surface area contributed by atoms with Crippen LogP contribution in [0.1, 0.15) is 5.69 Å². The number of halogens is 2. The van der Waals surface area contributed by atoms with Crippen LogP contribution in [0.4, 0.5) is 20.3 Å². The standard InChI is InChI=1S/C11H12F2N4O2S/c1-7-6-10(14)17(15-7)9-4-2-8(3-5-9)16-20(18,19)11(12)13/h2-6,11,16H,14H2,1H3. The quantitative estimate of drug-likeness (QED) is 0.900. The number of benzene rings is 1. The molecule has 20 heavy (non-hydrogen) atoms. The Labute approximate surface area is 114 Å². The average Bonchev–Trinajstić information content (AvgIpc) is 2.69. The number of nitrogens with two attached hydrogens (primary N) is 1. The summed E-state index contributed by atoms with van der Waals surface area (Å²) in [7, 11) is -4.66. The largest absolute Gasteiger partial charge is 0.384 e. The number of aromatic nitrogens is 2.